The van der Waals surface area contributed by atoms with Crippen molar-refractivity contribution < 1.29 is 28.5 Å². The van der Waals surface area contributed by atoms with Gasteiger partial charge in [0.2, 0.25) is 5.88 Å². The van der Waals surface area contributed by atoms with Gasteiger partial charge in [0.25, 0.3) is 0 Å². The Labute approximate surface area is 264 Å². The number of unbranched alkanes of at least 4 members (excludes halogenated alkanes) is 3. The number of thiophene rings is 1. The number of methoxy groups -OCH3 is 2. The van der Waals surface area contributed by atoms with Crippen molar-refractivity contribution in [3.05, 3.63) is 95.4 Å². The van der Waals surface area contributed by atoms with Gasteiger partial charge >= 0.3 is 11.9 Å². The first-order valence-electron chi connectivity index (χ1n) is 15.1. The highest BCUT2D eigenvalue weighted by atomic mass is 32.1. The first-order chi connectivity index (χ1) is 21.6. The Kier molecular flexibility index (Phi) is 13.4. The first kappa shape index (κ1) is 32.9. The molecule has 4 aromatic rings. The molecule has 0 saturated carbocycles. The van der Waals surface area contributed by atoms with E-state index in [9.17, 15) is 9.59 Å². The molecule has 2 aromatic heterocycles. The standard InChI is InChI=1S/C36H41NO6S/c1-40-35(38)20-12-22-42-32(26-36(39)41-2)30-18-10-9-17-28(30)16-6-3-4-11-21-43-34-25-29(27-14-7-5-8-15-27)24-31(37-34)33-19-13-23-44-33/h5,7-10,13-15,17-19,23-25,32H,3-4,6,11-12,16,20-22,26H2,1-2H3. The average molecular weight is 616 g/mol. The Morgan fingerprint density at radius 3 is 2.32 bits per heavy atom. The highest BCUT2D eigenvalue weighted by molar-refractivity contribution is 7.13. The quantitative estimate of drug-likeness (QED) is 0.0823. The number of rotatable bonds is 18. The van der Waals surface area contributed by atoms with Crippen molar-refractivity contribution in [1.82, 2.24) is 4.98 Å². The predicted octanol–water partition coefficient (Wildman–Crippen LogP) is 8.23. The molecule has 232 valence electrons. The van der Waals surface area contributed by atoms with Gasteiger partial charge in [0, 0.05) is 19.1 Å². The lowest BCUT2D eigenvalue weighted by atomic mass is 9.95. The number of aromatic nitrogens is 1. The molecule has 7 nitrogen and oxygen atoms in total. The van der Waals surface area contributed by atoms with Gasteiger partial charge in [-0.2, -0.15) is 0 Å². The summed E-state index contributed by atoms with van der Waals surface area (Å²) >= 11 is 1.67. The number of aryl methyl sites for hydroxylation is 1. The van der Waals surface area contributed by atoms with E-state index in [1.54, 1.807) is 11.3 Å². The molecule has 1 atom stereocenters. The van der Waals surface area contributed by atoms with Crippen LogP contribution in [0.15, 0.2) is 84.2 Å². The van der Waals surface area contributed by atoms with E-state index in [0.717, 1.165) is 64.9 Å². The van der Waals surface area contributed by atoms with Gasteiger partial charge < -0.3 is 18.9 Å². The SMILES string of the molecule is COC(=O)CCCOC(CC(=O)OC)c1ccccc1CCCCCCOc1cc(-c2ccccc2)cc(-c2cccs2)n1. The summed E-state index contributed by atoms with van der Waals surface area (Å²) in [6.45, 7) is 0.954. The topological polar surface area (TPSA) is 84.0 Å². The Morgan fingerprint density at radius 1 is 0.773 bits per heavy atom. The zero-order valence-electron chi connectivity index (χ0n) is 25.5. The van der Waals surface area contributed by atoms with Gasteiger partial charge in [0.15, 0.2) is 0 Å². The molecule has 0 aliphatic heterocycles. The molecule has 1 unspecified atom stereocenters. The molecule has 0 radical (unpaired) electrons. The van der Waals surface area contributed by atoms with Crippen LogP contribution in [0.3, 0.4) is 0 Å². The van der Waals surface area contributed by atoms with Gasteiger partial charge in [-0.1, -0.05) is 73.5 Å². The summed E-state index contributed by atoms with van der Waals surface area (Å²) in [6.07, 6.45) is 5.40. The van der Waals surface area contributed by atoms with E-state index in [4.69, 9.17) is 23.9 Å². The van der Waals surface area contributed by atoms with Crippen molar-refractivity contribution in [2.75, 3.05) is 27.4 Å². The molecule has 0 bridgehead atoms. The van der Waals surface area contributed by atoms with Crippen LogP contribution in [0.25, 0.3) is 21.7 Å². The predicted molar refractivity (Wildman–Crippen MR) is 174 cm³/mol. The van der Waals surface area contributed by atoms with Gasteiger partial charge in [-0.25, -0.2) is 4.98 Å². The van der Waals surface area contributed by atoms with Crippen molar-refractivity contribution in [2.45, 2.75) is 57.5 Å². The molecule has 0 aliphatic carbocycles. The zero-order valence-corrected chi connectivity index (χ0v) is 26.4. The Bertz CT molecular complexity index is 1440. The molecule has 0 N–H and O–H groups in total. The van der Waals surface area contributed by atoms with Crippen LogP contribution in [0.4, 0.5) is 0 Å². The lowest BCUT2D eigenvalue weighted by Crippen LogP contribution is -2.15. The van der Waals surface area contributed by atoms with Gasteiger partial charge in [-0.3, -0.25) is 9.59 Å². The monoisotopic (exact) mass is 615 g/mol. The average Bonchev–Trinajstić information content (AvgIpc) is 3.61. The number of pyridine rings is 1. The third-order valence-electron chi connectivity index (χ3n) is 7.33. The molecule has 0 spiro atoms. The van der Waals surface area contributed by atoms with Crippen LogP contribution in [0.5, 0.6) is 5.88 Å². The second-order valence-electron chi connectivity index (χ2n) is 10.5. The molecule has 8 heteroatoms. The molecule has 4 rings (SSSR count). The molecule has 44 heavy (non-hydrogen) atoms. The number of ether oxygens (including phenoxy) is 4. The Balaban J connectivity index is 1.27. The maximum absolute atomic E-state index is 12.1. The van der Waals surface area contributed by atoms with Crippen molar-refractivity contribution >= 4 is 23.3 Å². The van der Waals surface area contributed by atoms with Crippen molar-refractivity contribution in [3.63, 3.8) is 0 Å². The second kappa shape index (κ2) is 18.0. The molecular weight excluding hydrogens is 574 g/mol. The number of nitrogens with zero attached hydrogens (tertiary/aromatic N) is 1. The third kappa shape index (κ3) is 10.3. The zero-order chi connectivity index (χ0) is 31.0. The minimum atomic E-state index is -0.428. The summed E-state index contributed by atoms with van der Waals surface area (Å²) in [5, 5.41) is 2.06. The minimum Gasteiger partial charge on any atom is -0.478 e. The Hall–Kier alpha value is -4.01. The van der Waals surface area contributed by atoms with E-state index < -0.39 is 6.10 Å². The molecule has 2 aromatic carbocycles. The fourth-order valence-electron chi connectivity index (χ4n) is 4.99. The number of esters is 2. The highest BCUT2D eigenvalue weighted by Crippen LogP contribution is 2.31. The summed E-state index contributed by atoms with van der Waals surface area (Å²) in [5.41, 5.74) is 5.31. The minimum absolute atomic E-state index is 0.122. The molecule has 0 fully saturated rings. The van der Waals surface area contributed by atoms with Crippen LogP contribution in [0.2, 0.25) is 0 Å². The number of carbonyl (C=O) groups is 2. The lowest BCUT2D eigenvalue weighted by Gasteiger charge is -2.20. The van der Waals surface area contributed by atoms with E-state index in [2.05, 4.69) is 35.7 Å². The summed E-state index contributed by atoms with van der Waals surface area (Å²) in [5.74, 6) is 0.0417. The van der Waals surface area contributed by atoms with Gasteiger partial charge in [0.05, 0.1) is 43.9 Å². The summed E-state index contributed by atoms with van der Waals surface area (Å²) in [4.78, 5) is 29.5. The number of carbonyl (C=O) groups excluding carboxylic acids is 2. The number of benzene rings is 2. The molecule has 0 saturated heterocycles. The fraction of sp³-hybridized carbons (Fsp3) is 0.361. The normalized spacial score (nSPS) is 11.6. The van der Waals surface area contributed by atoms with Crippen LogP contribution in [0.1, 0.15) is 62.2 Å². The molecule has 0 amide bonds. The largest absolute Gasteiger partial charge is 0.478 e. The van der Waals surface area contributed by atoms with Crippen LogP contribution < -0.4 is 4.74 Å². The van der Waals surface area contributed by atoms with Crippen LogP contribution >= 0.6 is 11.3 Å². The van der Waals surface area contributed by atoms with Crippen molar-refractivity contribution in [1.29, 1.82) is 0 Å². The van der Waals surface area contributed by atoms with Crippen LogP contribution in [-0.4, -0.2) is 44.4 Å². The van der Waals surface area contributed by atoms with E-state index in [1.165, 1.54) is 14.2 Å². The van der Waals surface area contributed by atoms with Gasteiger partial charge in [-0.15, -0.1) is 11.3 Å². The summed E-state index contributed by atoms with van der Waals surface area (Å²) < 4.78 is 21.8. The maximum atomic E-state index is 12.1. The first-order valence-corrected chi connectivity index (χ1v) is 16.0. The molecule has 0 aliphatic rings. The van der Waals surface area contributed by atoms with Crippen LogP contribution in [0, 0.1) is 0 Å². The molecule has 2 heterocycles. The van der Waals surface area contributed by atoms with E-state index in [0.29, 0.717) is 25.5 Å². The highest BCUT2D eigenvalue weighted by Gasteiger charge is 2.20. The fourth-order valence-corrected chi connectivity index (χ4v) is 5.67. The van der Waals surface area contributed by atoms with Crippen LogP contribution in [-0.2, 0) is 30.2 Å². The van der Waals surface area contributed by atoms with Crippen molar-refractivity contribution in [3.8, 4) is 27.6 Å². The lowest BCUT2D eigenvalue weighted by molar-refractivity contribution is -0.145. The third-order valence-corrected chi connectivity index (χ3v) is 8.22. The number of hydrogen-bond donors (Lipinski definition) is 0. The Morgan fingerprint density at radius 2 is 1.55 bits per heavy atom. The van der Waals surface area contributed by atoms with E-state index >= 15 is 0 Å². The summed E-state index contributed by atoms with van der Waals surface area (Å²) in [6, 6.07) is 26.6. The molecular formula is C36H41NO6S. The second-order valence-corrected chi connectivity index (χ2v) is 11.4. The maximum Gasteiger partial charge on any atom is 0.308 e. The van der Waals surface area contributed by atoms with Gasteiger partial charge in [-0.05, 0) is 65.4 Å². The van der Waals surface area contributed by atoms with E-state index in [1.807, 2.05) is 48.5 Å². The number of hydrogen-bond acceptors (Lipinski definition) is 8. The van der Waals surface area contributed by atoms with E-state index in [-0.39, 0.29) is 24.8 Å². The van der Waals surface area contributed by atoms with Gasteiger partial charge in [0.1, 0.15) is 0 Å². The summed E-state index contributed by atoms with van der Waals surface area (Å²) in [7, 11) is 2.75. The van der Waals surface area contributed by atoms with Crippen molar-refractivity contribution in [2.24, 2.45) is 0 Å². The smallest absolute Gasteiger partial charge is 0.308 e.